The lowest BCUT2D eigenvalue weighted by Crippen LogP contribution is -2.37. The number of hydrogen-bond donors (Lipinski definition) is 2. The maximum absolute atomic E-state index is 8.90. The van der Waals surface area contributed by atoms with Crippen molar-refractivity contribution >= 4 is 6.01 Å². The van der Waals surface area contributed by atoms with E-state index in [2.05, 4.69) is 4.98 Å². The van der Waals surface area contributed by atoms with Gasteiger partial charge in [-0.05, 0) is 12.8 Å². The molecule has 2 N–H and O–H groups in total. The van der Waals surface area contributed by atoms with Crippen molar-refractivity contribution in [3.8, 4) is 0 Å². The first-order chi connectivity index (χ1) is 8.33. The summed E-state index contributed by atoms with van der Waals surface area (Å²) >= 11 is 0. The first-order valence-corrected chi connectivity index (χ1v) is 5.86. The monoisotopic (exact) mass is 242 g/mol. The zero-order valence-electron chi connectivity index (χ0n) is 9.71. The predicted molar refractivity (Wildman–Crippen MR) is 60.7 cm³/mol. The summed E-state index contributed by atoms with van der Waals surface area (Å²) in [6, 6.07) is 0.564. The molecular formula is C11H18N2O4. The van der Waals surface area contributed by atoms with Gasteiger partial charge in [-0.2, -0.15) is 4.98 Å². The van der Waals surface area contributed by atoms with E-state index in [4.69, 9.17) is 19.4 Å². The van der Waals surface area contributed by atoms with E-state index >= 15 is 0 Å². The molecule has 1 aliphatic heterocycles. The number of rotatable bonds is 5. The SMILES string of the molecule is OCCOC1CCN(c2nc(CO)co2)CC1. The van der Waals surface area contributed by atoms with Crippen molar-refractivity contribution in [3.05, 3.63) is 12.0 Å². The van der Waals surface area contributed by atoms with Crippen molar-refractivity contribution < 1.29 is 19.4 Å². The molecule has 6 nitrogen and oxygen atoms in total. The summed E-state index contributed by atoms with van der Waals surface area (Å²) in [5.74, 6) is 0. The molecular weight excluding hydrogens is 224 g/mol. The Morgan fingerprint density at radius 3 is 2.76 bits per heavy atom. The molecule has 0 spiro atoms. The van der Waals surface area contributed by atoms with Crippen LogP contribution in [0.25, 0.3) is 0 Å². The summed E-state index contributed by atoms with van der Waals surface area (Å²) < 4.78 is 10.8. The Morgan fingerprint density at radius 2 is 2.18 bits per heavy atom. The van der Waals surface area contributed by atoms with Crippen LogP contribution in [-0.2, 0) is 11.3 Å². The average molecular weight is 242 g/mol. The third-order valence-electron chi connectivity index (χ3n) is 2.86. The number of aromatic nitrogens is 1. The molecule has 0 aliphatic carbocycles. The molecule has 2 heterocycles. The number of nitrogens with zero attached hydrogens (tertiary/aromatic N) is 2. The highest BCUT2D eigenvalue weighted by Crippen LogP contribution is 2.20. The third-order valence-corrected chi connectivity index (χ3v) is 2.86. The second-order valence-corrected chi connectivity index (χ2v) is 4.06. The molecule has 2 rings (SSSR count). The molecule has 1 aromatic rings. The average Bonchev–Trinajstić information content (AvgIpc) is 2.86. The standard InChI is InChI=1S/C11H18N2O4/c14-5-6-16-10-1-3-13(4-2-10)11-12-9(7-15)8-17-11/h8,10,14-15H,1-7H2. The Morgan fingerprint density at radius 1 is 1.41 bits per heavy atom. The van der Waals surface area contributed by atoms with Gasteiger partial charge < -0.3 is 24.3 Å². The molecule has 0 aromatic carbocycles. The van der Waals surface area contributed by atoms with Crippen LogP contribution in [0.5, 0.6) is 0 Å². The Kier molecular flexibility index (Phi) is 4.36. The third kappa shape index (κ3) is 3.18. The van der Waals surface area contributed by atoms with Gasteiger partial charge in [0.05, 0.1) is 25.9 Å². The Balaban J connectivity index is 1.82. The fraction of sp³-hybridized carbons (Fsp3) is 0.727. The maximum Gasteiger partial charge on any atom is 0.297 e. The van der Waals surface area contributed by atoms with E-state index in [-0.39, 0.29) is 19.3 Å². The summed E-state index contributed by atoms with van der Waals surface area (Å²) in [5, 5.41) is 17.6. The highest BCUT2D eigenvalue weighted by Gasteiger charge is 2.22. The predicted octanol–water partition coefficient (Wildman–Crippen LogP) is 0.145. The van der Waals surface area contributed by atoms with Gasteiger partial charge in [-0.1, -0.05) is 0 Å². The molecule has 1 aromatic heterocycles. The van der Waals surface area contributed by atoms with Crippen molar-refractivity contribution in [1.82, 2.24) is 4.98 Å². The molecule has 0 bridgehead atoms. The molecule has 0 radical (unpaired) electrons. The normalized spacial score (nSPS) is 17.6. The quantitative estimate of drug-likeness (QED) is 0.765. The van der Waals surface area contributed by atoms with Crippen LogP contribution in [-0.4, -0.2) is 47.6 Å². The maximum atomic E-state index is 8.90. The van der Waals surface area contributed by atoms with Gasteiger partial charge in [-0.15, -0.1) is 0 Å². The zero-order valence-corrected chi connectivity index (χ0v) is 9.71. The van der Waals surface area contributed by atoms with Crippen LogP contribution in [0.4, 0.5) is 6.01 Å². The summed E-state index contributed by atoms with van der Waals surface area (Å²) in [6.07, 6.45) is 3.49. The lowest BCUT2D eigenvalue weighted by Gasteiger charge is -2.30. The van der Waals surface area contributed by atoms with E-state index in [0.717, 1.165) is 25.9 Å². The minimum absolute atomic E-state index is 0.0693. The van der Waals surface area contributed by atoms with Crippen LogP contribution in [0, 0.1) is 0 Å². The fourth-order valence-corrected chi connectivity index (χ4v) is 1.95. The lowest BCUT2D eigenvalue weighted by molar-refractivity contribution is 0.0155. The molecule has 1 saturated heterocycles. The first kappa shape index (κ1) is 12.3. The van der Waals surface area contributed by atoms with E-state index in [9.17, 15) is 0 Å². The van der Waals surface area contributed by atoms with Gasteiger partial charge in [0, 0.05) is 13.1 Å². The van der Waals surface area contributed by atoms with Crippen LogP contribution in [0.3, 0.4) is 0 Å². The van der Waals surface area contributed by atoms with Gasteiger partial charge in [0.2, 0.25) is 0 Å². The van der Waals surface area contributed by atoms with Gasteiger partial charge in [0.25, 0.3) is 6.01 Å². The lowest BCUT2D eigenvalue weighted by atomic mass is 10.1. The molecule has 0 amide bonds. The number of oxazole rings is 1. The van der Waals surface area contributed by atoms with Gasteiger partial charge in [0.1, 0.15) is 12.0 Å². The molecule has 0 unspecified atom stereocenters. The molecule has 1 aliphatic rings. The minimum atomic E-state index is -0.0976. The van der Waals surface area contributed by atoms with Crippen molar-refractivity contribution in [2.24, 2.45) is 0 Å². The van der Waals surface area contributed by atoms with Crippen molar-refractivity contribution in [3.63, 3.8) is 0 Å². The van der Waals surface area contributed by atoms with Crippen LogP contribution in [0.1, 0.15) is 18.5 Å². The number of piperidine rings is 1. The molecule has 1 fully saturated rings. The fourth-order valence-electron chi connectivity index (χ4n) is 1.95. The smallest absolute Gasteiger partial charge is 0.297 e. The van der Waals surface area contributed by atoms with E-state index in [1.807, 2.05) is 4.90 Å². The van der Waals surface area contributed by atoms with Crippen molar-refractivity contribution in [2.45, 2.75) is 25.6 Å². The Hall–Kier alpha value is -1.11. The van der Waals surface area contributed by atoms with Gasteiger partial charge in [-0.3, -0.25) is 0 Å². The van der Waals surface area contributed by atoms with Crippen molar-refractivity contribution in [2.75, 3.05) is 31.2 Å². The van der Waals surface area contributed by atoms with Crippen LogP contribution >= 0.6 is 0 Å². The summed E-state index contributed by atoms with van der Waals surface area (Å²) in [7, 11) is 0. The Bertz CT molecular complexity index is 334. The second kappa shape index (κ2) is 6.00. The number of anilines is 1. The second-order valence-electron chi connectivity index (χ2n) is 4.06. The zero-order chi connectivity index (χ0) is 12.1. The van der Waals surface area contributed by atoms with Crippen LogP contribution < -0.4 is 4.90 Å². The summed E-state index contributed by atoms with van der Waals surface area (Å²) in [5.41, 5.74) is 0.554. The summed E-state index contributed by atoms with van der Waals surface area (Å²) in [6.45, 7) is 2.01. The van der Waals surface area contributed by atoms with E-state index in [0.29, 0.717) is 18.3 Å². The summed E-state index contributed by atoms with van der Waals surface area (Å²) in [4.78, 5) is 6.21. The van der Waals surface area contributed by atoms with Gasteiger partial charge >= 0.3 is 0 Å². The van der Waals surface area contributed by atoms with Gasteiger partial charge in [0.15, 0.2) is 0 Å². The van der Waals surface area contributed by atoms with Crippen LogP contribution in [0.15, 0.2) is 10.7 Å². The number of hydrogen-bond acceptors (Lipinski definition) is 6. The molecule has 96 valence electrons. The first-order valence-electron chi connectivity index (χ1n) is 5.86. The largest absolute Gasteiger partial charge is 0.432 e. The van der Waals surface area contributed by atoms with E-state index in [1.165, 1.54) is 6.26 Å². The molecule has 6 heteroatoms. The van der Waals surface area contributed by atoms with E-state index in [1.54, 1.807) is 0 Å². The highest BCUT2D eigenvalue weighted by molar-refractivity contribution is 5.27. The molecule has 17 heavy (non-hydrogen) atoms. The van der Waals surface area contributed by atoms with Crippen molar-refractivity contribution in [1.29, 1.82) is 0 Å². The number of aliphatic hydroxyl groups is 2. The number of ether oxygens (including phenoxy) is 1. The van der Waals surface area contributed by atoms with Crippen LogP contribution in [0.2, 0.25) is 0 Å². The molecule has 0 saturated carbocycles. The minimum Gasteiger partial charge on any atom is -0.432 e. The topological polar surface area (TPSA) is 79.0 Å². The van der Waals surface area contributed by atoms with E-state index < -0.39 is 0 Å². The number of aliphatic hydroxyl groups excluding tert-OH is 2. The molecule has 0 atom stereocenters. The Labute approximate surface area is 99.8 Å². The highest BCUT2D eigenvalue weighted by atomic mass is 16.5. The van der Waals surface area contributed by atoms with Gasteiger partial charge in [-0.25, -0.2) is 0 Å².